The van der Waals surface area contributed by atoms with E-state index in [4.69, 9.17) is 0 Å². The van der Waals surface area contributed by atoms with Gasteiger partial charge in [0, 0.05) is 5.56 Å². The summed E-state index contributed by atoms with van der Waals surface area (Å²) in [5.41, 5.74) is -1.31. The van der Waals surface area contributed by atoms with Gasteiger partial charge >= 0.3 is 0 Å². The second kappa shape index (κ2) is 8.37. The van der Waals surface area contributed by atoms with Gasteiger partial charge in [-0.15, -0.1) is 5.10 Å². The van der Waals surface area contributed by atoms with E-state index in [-0.39, 0.29) is 12.5 Å². The monoisotopic (exact) mass is 414 g/mol. The van der Waals surface area contributed by atoms with Crippen LogP contribution < -0.4 is 5.32 Å². The Morgan fingerprint density at radius 2 is 1.86 bits per heavy atom. The summed E-state index contributed by atoms with van der Waals surface area (Å²) in [5, 5.41) is 9.66. The number of nitrogens with zero attached hydrogens (tertiary/aromatic N) is 5. The Kier molecular flexibility index (Phi) is 5.89. The summed E-state index contributed by atoms with van der Waals surface area (Å²) < 4.78 is 67.3. The fourth-order valence-electron chi connectivity index (χ4n) is 2.56. The molecule has 0 aliphatic carbocycles. The molecule has 1 atom stereocenters. The van der Waals surface area contributed by atoms with Gasteiger partial charge in [-0.2, -0.15) is 5.10 Å². The Morgan fingerprint density at radius 3 is 2.52 bits per heavy atom. The van der Waals surface area contributed by atoms with Gasteiger partial charge in [0.2, 0.25) is 5.95 Å². The fourth-order valence-corrected chi connectivity index (χ4v) is 2.56. The van der Waals surface area contributed by atoms with Crippen molar-refractivity contribution in [2.45, 2.75) is 32.4 Å². The molecule has 1 amide bonds. The van der Waals surface area contributed by atoms with Crippen LogP contribution in [-0.4, -0.2) is 30.5 Å². The standard InChI is InChI=1S/C17H15F5N6O/c1-9(28-13(15(21)22)6-12(25-28)14(19)20)16(29)24-17-23-8-27(26-17)7-10-4-2-3-5-11(10)18/h2-6,8-9,14-15H,7H2,1H3,(H,24,26,29). The Morgan fingerprint density at radius 1 is 1.14 bits per heavy atom. The second-order valence-corrected chi connectivity index (χ2v) is 6.06. The molecule has 0 saturated carbocycles. The summed E-state index contributed by atoms with van der Waals surface area (Å²) in [6.45, 7) is 1.28. The van der Waals surface area contributed by atoms with Gasteiger partial charge in [-0.05, 0) is 19.1 Å². The van der Waals surface area contributed by atoms with Crippen molar-refractivity contribution in [2.75, 3.05) is 5.32 Å². The van der Waals surface area contributed by atoms with Crippen LogP contribution in [0.1, 0.15) is 42.8 Å². The van der Waals surface area contributed by atoms with Gasteiger partial charge in [0.25, 0.3) is 18.8 Å². The zero-order valence-corrected chi connectivity index (χ0v) is 14.9. The smallest absolute Gasteiger partial charge is 0.282 e. The number of amides is 1. The van der Waals surface area contributed by atoms with Crippen LogP contribution in [0, 0.1) is 5.82 Å². The number of nitrogens with one attached hydrogen (secondary N) is 1. The van der Waals surface area contributed by atoms with Gasteiger partial charge in [-0.1, -0.05) is 18.2 Å². The number of carbonyl (C=O) groups is 1. The molecule has 1 N–H and O–H groups in total. The van der Waals surface area contributed by atoms with E-state index in [0.717, 1.165) is 0 Å². The maximum absolute atomic E-state index is 13.7. The normalized spacial score (nSPS) is 12.6. The lowest BCUT2D eigenvalue weighted by Crippen LogP contribution is -2.26. The van der Waals surface area contributed by atoms with Crippen molar-refractivity contribution in [3.8, 4) is 0 Å². The third kappa shape index (κ3) is 4.58. The molecule has 1 unspecified atom stereocenters. The molecule has 3 rings (SSSR count). The molecule has 0 bridgehead atoms. The van der Waals surface area contributed by atoms with Gasteiger partial charge in [0.15, 0.2) is 0 Å². The molecule has 0 radical (unpaired) electrons. The summed E-state index contributed by atoms with van der Waals surface area (Å²) in [7, 11) is 0. The van der Waals surface area contributed by atoms with E-state index in [0.29, 0.717) is 16.3 Å². The van der Waals surface area contributed by atoms with Gasteiger partial charge in [0.1, 0.15) is 29.6 Å². The second-order valence-electron chi connectivity index (χ2n) is 6.06. The van der Waals surface area contributed by atoms with E-state index >= 15 is 0 Å². The lowest BCUT2D eigenvalue weighted by molar-refractivity contribution is -0.119. The molecule has 0 fully saturated rings. The molecule has 1 aromatic carbocycles. The van der Waals surface area contributed by atoms with E-state index in [1.165, 1.54) is 30.1 Å². The predicted molar refractivity (Wildman–Crippen MR) is 91.0 cm³/mol. The Balaban J connectivity index is 1.72. The number of anilines is 1. The predicted octanol–water partition coefficient (Wildman–Crippen LogP) is 3.74. The third-order valence-electron chi connectivity index (χ3n) is 4.04. The maximum Gasteiger partial charge on any atom is 0.282 e. The molecule has 7 nitrogen and oxygen atoms in total. The lowest BCUT2D eigenvalue weighted by atomic mass is 10.2. The molecule has 2 aromatic heterocycles. The summed E-state index contributed by atoms with van der Waals surface area (Å²) >= 11 is 0. The highest BCUT2D eigenvalue weighted by atomic mass is 19.3. The highest BCUT2D eigenvalue weighted by Gasteiger charge is 2.27. The zero-order valence-electron chi connectivity index (χ0n) is 14.9. The van der Waals surface area contributed by atoms with Crippen molar-refractivity contribution >= 4 is 11.9 Å². The number of alkyl halides is 4. The van der Waals surface area contributed by atoms with E-state index in [9.17, 15) is 26.7 Å². The minimum atomic E-state index is -3.09. The van der Waals surface area contributed by atoms with E-state index in [1.54, 1.807) is 12.1 Å². The van der Waals surface area contributed by atoms with Crippen molar-refractivity contribution in [1.29, 1.82) is 0 Å². The van der Waals surface area contributed by atoms with Crippen LogP contribution in [0.5, 0.6) is 0 Å². The molecular formula is C17H15F5N6O. The van der Waals surface area contributed by atoms with Crippen molar-refractivity contribution in [3.05, 3.63) is 59.4 Å². The summed E-state index contributed by atoms with van der Waals surface area (Å²) in [6.07, 6.45) is -4.90. The lowest BCUT2D eigenvalue weighted by Gasteiger charge is -2.14. The quantitative estimate of drug-likeness (QED) is 0.598. The minimum absolute atomic E-state index is 0.0531. The number of hydrogen-bond acceptors (Lipinski definition) is 4. The number of halogens is 5. The number of hydrogen-bond donors (Lipinski definition) is 1. The van der Waals surface area contributed by atoms with Gasteiger partial charge in [-0.25, -0.2) is 31.6 Å². The summed E-state index contributed by atoms with van der Waals surface area (Å²) in [6, 6.07) is 5.26. The molecule has 0 aliphatic rings. The first-order chi connectivity index (χ1) is 13.8. The Hall–Kier alpha value is -3.31. The van der Waals surface area contributed by atoms with Crippen LogP contribution in [0.3, 0.4) is 0 Å². The van der Waals surface area contributed by atoms with Gasteiger partial charge in [-0.3, -0.25) is 14.8 Å². The first-order valence-electron chi connectivity index (χ1n) is 8.35. The van der Waals surface area contributed by atoms with Crippen LogP contribution in [0.15, 0.2) is 36.7 Å². The molecule has 0 spiro atoms. The average Bonchev–Trinajstić information content (AvgIpc) is 3.30. The summed E-state index contributed by atoms with van der Waals surface area (Å²) in [4.78, 5) is 16.2. The molecule has 0 saturated heterocycles. The van der Waals surface area contributed by atoms with Gasteiger partial charge < -0.3 is 0 Å². The van der Waals surface area contributed by atoms with Crippen molar-refractivity contribution in [2.24, 2.45) is 0 Å². The van der Waals surface area contributed by atoms with Crippen molar-refractivity contribution < 1.29 is 26.7 Å². The number of rotatable bonds is 7. The maximum atomic E-state index is 13.7. The van der Waals surface area contributed by atoms with E-state index in [1.807, 2.05) is 0 Å². The van der Waals surface area contributed by atoms with Crippen LogP contribution >= 0.6 is 0 Å². The number of aromatic nitrogens is 5. The minimum Gasteiger partial charge on any atom is -0.291 e. The first kappa shape index (κ1) is 20.4. The van der Waals surface area contributed by atoms with Crippen molar-refractivity contribution in [3.63, 3.8) is 0 Å². The van der Waals surface area contributed by atoms with Crippen LogP contribution in [0.4, 0.5) is 27.9 Å². The zero-order chi connectivity index (χ0) is 21.1. The summed E-state index contributed by atoms with van der Waals surface area (Å²) in [5.74, 6) is -1.42. The van der Waals surface area contributed by atoms with Crippen LogP contribution in [0.25, 0.3) is 0 Å². The molecular weight excluding hydrogens is 399 g/mol. The van der Waals surface area contributed by atoms with Crippen LogP contribution in [0.2, 0.25) is 0 Å². The number of benzene rings is 1. The van der Waals surface area contributed by atoms with Gasteiger partial charge in [0.05, 0.1) is 6.54 Å². The third-order valence-corrected chi connectivity index (χ3v) is 4.04. The molecule has 29 heavy (non-hydrogen) atoms. The molecule has 154 valence electrons. The highest BCUT2D eigenvalue weighted by molar-refractivity contribution is 5.91. The van der Waals surface area contributed by atoms with E-state index < -0.39 is 42.0 Å². The largest absolute Gasteiger partial charge is 0.291 e. The van der Waals surface area contributed by atoms with E-state index in [2.05, 4.69) is 20.5 Å². The SMILES string of the molecule is CC(C(=O)Nc1ncn(Cc2ccccc2F)n1)n1nc(C(F)F)cc1C(F)F. The Labute approximate surface area is 161 Å². The highest BCUT2D eigenvalue weighted by Crippen LogP contribution is 2.27. The fraction of sp³-hybridized carbons (Fsp3) is 0.294. The van der Waals surface area contributed by atoms with Crippen LogP contribution in [-0.2, 0) is 11.3 Å². The molecule has 2 heterocycles. The first-order valence-corrected chi connectivity index (χ1v) is 8.35. The van der Waals surface area contributed by atoms with Crippen molar-refractivity contribution in [1.82, 2.24) is 24.5 Å². The average molecular weight is 414 g/mol. The molecule has 0 aliphatic heterocycles. The number of carbonyl (C=O) groups excluding carboxylic acids is 1. The Bertz CT molecular complexity index is 1000. The molecule has 12 heteroatoms. The topological polar surface area (TPSA) is 77.6 Å². The molecule has 3 aromatic rings.